The van der Waals surface area contributed by atoms with E-state index in [1.54, 1.807) is 12.1 Å². The molecule has 0 bridgehead atoms. The number of benzene rings is 1. The van der Waals surface area contributed by atoms with Gasteiger partial charge < -0.3 is 20.1 Å². The zero-order valence-electron chi connectivity index (χ0n) is 12.7. The van der Waals surface area contributed by atoms with Gasteiger partial charge in [0, 0.05) is 19.8 Å². The van der Waals surface area contributed by atoms with E-state index in [0.717, 1.165) is 5.56 Å². The van der Waals surface area contributed by atoms with Crippen LogP contribution in [0.15, 0.2) is 18.2 Å². The molecule has 0 spiro atoms. The summed E-state index contributed by atoms with van der Waals surface area (Å²) in [6, 6.07) is 5.35. The minimum Gasteiger partial charge on any atom is -0.495 e. The van der Waals surface area contributed by atoms with Crippen LogP contribution in [0.4, 0.5) is 5.69 Å². The van der Waals surface area contributed by atoms with Gasteiger partial charge in [-0.25, -0.2) is 0 Å². The molecule has 0 aliphatic heterocycles. The summed E-state index contributed by atoms with van der Waals surface area (Å²) < 4.78 is 10.3. The van der Waals surface area contributed by atoms with Crippen LogP contribution in [0.25, 0.3) is 0 Å². The number of rotatable bonds is 7. The second kappa shape index (κ2) is 8.97. The zero-order chi connectivity index (χ0) is 15.7. The Hall–Kier alpha value is -2.08. The lowest BCUT2D eigenvalue weighted by molar-refractivity contribution is -0.136. The van der Waals surface area contributed by atoms with Gasteiger partial charge in [-0.05, 0) is 38.0 Å². The van der Waals surface area contributed by atoms with E-state index in [0.29, 0.717) is 37.6 Å². The third-order valence-corrected chi connectivity index (χ3v) is 2.76. The fourth-order valence-electron chi connectivity index (χ4n) is 1.70. The lowest BCUT2D eigenvalue weighted by Crippen LogP contribution is -2.36. The molecule has 0 fully saturated rings. The van der Waals surface area contributed by atoms with Crippen molar-refractivity contribution in [3.05, 3.63) is 23.8 Å². The number of methoxy groups -OCH3 is 1. The van der Waals surface area contributed by atoms with E-state index in [4.69, 9.17) is 9.47 Å². The van der Waals surface area contributed by atoms with Crippen molar-refractivity contribution in [3.8, 4) is 5.75 Å². The first kappa shape index (κ1) is 17.0. The highest BCUT2D eigenvalue weighted by Gasteiger charge is 2.15. The molecule has 1 aromatic carbocycles. The summed E-state index contributed by atoms with van der Waals surface area (Å²) in [5, 5.41) is 5.09. The molecule has 0 saturated heterocycles. The van der Waals surface area contributed by atoms with Crippen molar-refractivity contribution in [2.45, 2.75) is 20.3 Å². The van der Waals surface area contributed by atoms with Gasteiger partial charge in [0.25, 0.3) is 0 Å². The summed E-state index contributed by atoms with van der Waals surface area (Å²) in [6.07, 6.45) is 0.667. The zero-order valence-corrected chi connectivity index (χ0v) is 12.7. The summed E-state index contributed by atoms with van der Waals surface area (Å²) in [7, 11) is 1.51. The maximum absolute atomic E-state index is 11.8. The van der Waals surface area contributed by atoms with E-state index in [9.17, 15) is 9.59 Å². The van der Waals surface area contributed by atoms with Crippen LogP contribution < -0.4 is 15.4 Å². The van der Waals surface area contributed by atoms with Gasteiger partial charge in [0.15, 0.2) is 0 Å². The molecular weight excluding hydrogens is 272 g/mol. The highest BCUT2D eigenvalue weighted by atomic mass is 16.5. The van der Waals surface area contributed by atoms with Crippen LogP contribution in [-0.2, 0) is 14.3 Å². The van der Waals surface area contributed by atoms with Gasteiger partial charge in [-0.15, -0.1) is 0 Å². The third kappa shape index (κ3) is 5.83. The number of hydrogen-bond acceptors (Lipinski definition) is 4. The monoisotopic (exact) mass is 294 g/mol. The molecular formula is C15H22N2O4. The van der Waals surface area contributed by atoms with Crippen molar-refractivity contribution in [2.75, 3.05) is 32.2 Å². The Bertz CT molecular complexity index is 489. The molecule has 2 N–H and O–H groups in total. The molecule has 2 amide bonds. The molecule has 0 aliphatic carbocycles. The van der Waals surface area contributed by atoms with Crippen LogP contribution in [0.3, 0.4) is 0 Å². The van der Waals surface area contributed by atoms with Gasteiger partial charge in [0.2, 0.25) is 0 Å². The summed E-state index contributed by atoms with van der Waals surface area (Å²) in [4.78, 5) is 23.5. The van der Waals surface area contributed by atoms with Gasteiger partial charge in [0.05, 0.1) is 12.8 Å². The lowest BCUT2D eigenvalue weighted by atomic mass is 10.2. The van der Waals surface area contributed by atoms with E-state index in [1.165, 1.54) is 7.11 Å². The Kier molecular flexibility index (Phi) is 7.25. The van der Waals surface area contributed by atoms with Gasteiger partial charge in [-0.3, -0.25) is 9.59 Å². The molecule has 1 aromatic rings. The van der Waals surface area contributed by atoms with Crippen molar-refractivity contribution in [1.82, 2.24) is 5.32 Å². The topological polar surface area (TPSA) is 76.7 Å². The smallest absolute Gasteiger partial charge is 0.313 e. The van der Waals surface area contributed by atoms with Gasteiger partial charge >= 0.3 is 11.8 Å². The lowest BCUT2D eigenvalue weighted by Gasteiger charge is -2.11. The molecule has 1 rings (SSSR count). The van der Waals surface area contributed by atoms with Crippen molar-refractivity contribution < 1.29 is 19.1 Å². The molecule has 116 valence electrons. The van der Waals surface area contributed by atoms with Crippen molar-refractivity contribution in [2.24, 2.45) is 0 Å². The Morgan fingerprint density at radius 2 is 2.00 bits per heavy atom. The summed E-state index contributed by atoms with van der Waals surface area (Å²) in [5.74, 6) is -0.872. The second-order valence-electron chi connectivity index (χ2n) is 4.46. The fourth-order valence-corrected chi connectivity index (χ4v) is 1.70. The van der Waals surface area contributed by atoms with Crippen LogP contribution in [0.5, 0.6) is 5.75 Å². The van der Waals surface area contributed by atoms with Crippen LogP contribution >= 0.6 is 0 Å². The van der Waals surface area contributed by atoms with E-state index in [1.807, 2.05) is 19.9 Å². The Morgan fingerprint density at radius 1 is 1.24 bits per heavy atom. The summed E-state index contributed by atoms with van der Waals surface area (Å²) in [6.45, 7) is 5.40. The number of aryl methyl sites for hydroxylation is 1. The number of ether oxygens (including phenoxy) is 2. The molecule has 0 aliphatic rings. The molecule has 21 heavy (non-hydrogen) atoms. The molecule has 0 radical (unpaired) electrons. The minimum absolute atomic E-state index is 0.400. The minimum atomic E-state index is -0.713. The van der Waals surface area contributed by atoms with E-state index in [2.05, 4.69) is 10.6 Å². The van der Waals surface area contributed by atoms with Crippen molar-refractivity contribution in [3.63, 3.8) is 0 Å². The number of carbonyl (C=O) groups is 2. The Balaban J connectivity index is 2.49. The molecule has 0 atom stereocenters. The van der Waals surface area contributed by atoms with Gasteiger partial charge in [-0.2, -0.15) is 0 Å². The van der Waals surface area contributed by atoms with Crippen molar-refractivity contribution in [1.29, 1.82) is 0 Å². The maximum Gasteiger partial charge on any atom is 0.313 e. The summed E-state index contributed by atoms with van der Waals surface area (Å²) >= 11 is 0. The third-order valence-electron chi connectivity index (χ3n) is 2.76. The fraction of sp³-hybridized carbons (Fsp3) is 0.467. The van der Waals surface area contributed by atoms with Crippen LogP contribution in [0.2, 0.25) is 0 Å². The van der Waals surface area contributed by atoms with Crippen molar-refractivity contribution >= 4 is 17.5 Å². The predicted octanol–water partition coefficient (Wildman–Crippen LogP) is 1.48. The number of amides is 2. The first-order valence-electron chi connectivity index (χ1n) is 6.90. The van der Waals surface area contributed by atoms with E-state index < -0.39 is 11.8 Å². The molecule has 6 nitrogen and oxygen atoms in total. The first-order valence-corrected chi connectivity index (χ1v) is 6.90. The molecule has 0 unspecified atom stereocenters. The molecule has 0 aromatic heterocycles. The van der Waals surface area contributed by atoms with Crippen LogP contribution in [0.1, 0.15) is 18.9 Å². The Morgan fingerprint density at radius 3 is 2.67 bits per heavy atom. The number of nitrogens with one attached hydrogen (secondary N) is 2. The van der Waals surface area contributed by atoms with E-state index in [-0.39, 0.29) is 0 Å². The highest BCUT2D eigenvalue weighted by Crippen LogP contribution is 2.24. The number of hydrogen-bond donors (Lipinski definition) is 2. The van der Waals surface area contributed by atoms with Gasteiger partial charge in [0.1, 0.15) is 5.75 Å². The largest absolute Gasteiger partial charge is 0.495 e. The SMILES string of the molecule is CCOCCCNC(=O)C(=O)Nc1cc(C)ccc1OC. The molecule has 0 saturated carbocycles. The number of carbonyl (C=O) groups excluding carboxylic acids is 2. The number of anilines is 1. The second-order valence-corrected chi connectivity index (χ2v) is 4.46. The summed E-state index contributed by atoms with van der Waals surface area (Å²) in [5.41, 5.74) is 1.44. The highest BCUT2D eigenvalue weighted by molar-refractivity contribution is 6.39. The Labute approximate surface area is 124 Å². The molecule has 6 heteroatoms. The van der Waals surface area contributed by atoms with Crippen LogP contribution in [0, 0.1) is 6.92 Å². The normalized spacial score (nSPS) is 10.0. The first-order chi connectivity index (χ1) is 10.1. The molecule has 0 heterocycles. The van der Waals surface area contributed by atoms with Gasteiger partial charge in [-0.1, -0.05) is 6.07 Å². The predicted molar refractivity (Wildman–Crippen MR) is 80.5 cm³/mol. The maximum atomic E-state index is 11.8. The standard InChI is InChI=1S/C15H22N2O4/c1-4-21-9-5-8-16-14(18)15(19)17-12-10-11(2)6-7-13(12)20-3/h6-7,10H,4-5,8-9H2,1-3H3,(H,16,18)(H,17,19). The van der Waals surface area contributed by atoms with E-state index >= 15 is 0 Å². The average Bonchev–Trinajstić information content (AvgIpc) is 2.47. The quantitative estimate of drug-likeness (QED) is 0.590. The van der Waals surface area contributed by atoms with Crippen LogP contribution in [-0.4, -0.2) is 38.7 Å². The average molecular weight is 294 g/mol.